The molecule has 0 aromatic carbocycles. The lowest BCUT2D eigenvalue weighted by molar-refractivity contribution is -0.132. The number of unbranched alkanes of at least 4 members (excludes halogenated alkanes) is 39. The van der Waals surface area contributed by atoms with E-state index < -0.39 is 36.9 Å². The van der Waals surface area contributed by atoms with Crippen molar-refractivity contribution in [3.8, 4) is 0 Å². The summed E-state index contributed by atoms with van der Waals surface area (Å²) in [7, 11) is 0. The van der Waals surface area contributed by atoms with Crippen LogP contribution in [0.5, 0.6) is 0 Å². The molecule has 0 radical (unpaired) electrons. The summed E-state index contributed by atoms with van der Waals surface area (Å²) in [5, 5.41) is 43.9. The van der Waals surface area contributed by atoms with Gasteiger partial charge in [0, 0.05) is 0 Å². The van der Waals surface area contributed by atoms with Gasteiger partial charge in [-0.2, -0.15) is 0 Å². The maximum Gasteiger partial charge on any atom is 0.249 e. The minimum absolute atomic E-state index is 0.376. The highest BCUT2D eigenvalue weighted by Crippen LogP contribution is 2.18. The Hall–Kier alpha value is -0.690. The molecule has 0 aliphatic rings. The summed E-state index contributed by atoms with van der Waals surface area (Å²) in [5.41, 5.74) is 0. The van der Waals surface area contributed by atoms with Crippen LogP contribution in [0.1, 0.15) is 290 Å². The van der Waals surface area contributed by atoms with Gasteiger partial charge >= 0.3 is 0 Å². The third-order valence-corrected chi connectivity index (χ3v) is 12.6. The van der Waals surface area contributed by atoms with Crippen molar-refractivity contribution in [2.24, 2.45) is 0 Å². The van der Waals surface area contributed by atoms with Gasteiger partial charge in [-0.1, -0.05) is 277 Å². The Morgan fingerprint density at radius 2 is 0.596 bits per heavy atom. The summed E-state index contributed by atoms with van der Waals surface area (Å²) in [4.78, 5) is 12.6. The number of hydrogen-bond acceptors (Lipinski definition) is 5. The summed E-state index contributed by atoms with van der Waals surface area (Å²) < 4.78 is 0. The van der Waals surface area contributed by atoms with E-state index >= 15 is 0 Å². The molecule has 0 rings (SSSR count). The number of rotatable bonds is 48. The van der Waals surface area contributed by atoms with E-state index in [1.807, 2.05) is 0 Å². The molecule has 342 valence electrons. The lowest BCUT2D eigenvalue weighted by Gasteiger charge is -2.27. The summed E-state index contributed by atoms with van der Waals surface area (Å²) >= 11 is 0. The van der Waals surface area contributed by atoms with Crippen molar-refractivity contribution in [3.05, 3.63) is 0 Å². The van der Waals surface area contributed by atoms with E-state index in [1.165, 1.54) is 225 Å². The van der Waals surface area contributed by atoms with Gasteiger partial charge in [-0.25, -0.2) is 0 Å². The molecule has 6 nitrogen and oxygen atoms in total. The van der Waals surface area contributed by atoms with Crippen molar-refractivity contribution < 1.29 is 25.2 Å². The van der Waals surface area contributed by atoms with E-state index in [1.54, 1.807) is 0 Å². The van der Waals surface area contributed by atoms with E-state index in [0.717, 1.165) is 38.5 Å². The normalized spacial score (nSPS) is 13.9. The van der Waals surface area contributed by atoms with Gasteiger partial charge in [-0.3, -0.25) is 4.79 Å². The third-order valence-electron chi connectivity index (χ3n) is 12.6. The van der Waals surface area contributed by atoms with Crippen LogP contribution >= 0.6 is 0 Å². The van der Waals surface area contributed by atoms with E-state index in [2.05, 4.69) is 19.2 Å². The number of nitrogens with one attached hydrogen (secondary N) is 1. The molecule has 6 heteroatoms. The summed E-state index contributed by atoms with van der Waals surface area (Å²) in [6.45, 7) is 4.08. The second-order valence-electron chi connectivity index (χ2n) is 18.2. The lowest BCUT2D eigenvalue weighted by Crippen LogP contribution is -2.53. The quantitative estimate of drug-likeness (QED) is 0.0393. The van der Waals surface area contributed by atoms with Crippen molar-refractivity contribution in [2.75, 3.05) is 6.61 Å². The van der Waals surface area contributed by atoms with Crippen molar-refractivity contribution in [3.63, 3.8) is 0 Å². The van der Waals surface area contributed by atoms with Crippen LogP contribution in [0.4, 0.5) is 0 Å². The number of amides is 1. The molecule has 0 saturated carbocycles. The minimum Gasteiger partial charge on any atom is -0.394 e. The van der Waals surface area contributed by atoms with Crippen LogP contribution in [-0.4, -0.2) is 57.3 Å². The summed E-state index contributed by atoms with van der Waals surface area (Å²) in [6.07, 6.45) is 51.6. The zero-order valence-corrected chi connectivity index (χ0v) is 38.6. The molecule has 0 heterocycles. The molecule has 0 bridgehead atoms. The Labute approximate surface area is 356 Å². The fourth-order valence-corrected chi connectivity index (χ4v) is 8.47. The van der Waals surface area contributed by atoms with Crippen LogP contribution in [0.15, 0.2) is 0 Å². The third kappa shape index (κ3) is 40.5. The molecule has 0 saturated heterocycles. The first-order chi connectivity index (χ1) is 28.0. The number of carbonyl (C=O) groups is 1. The first-order valence-corrected chi connectivity index (χ1v) is 25.9. The van der Waals surface area contributed by atoms with Crippen molar-refractivity contribution in [1.29, 1.82) is 0 Å². The first-order valence-electron chi connectivity index (χ1n) is 25.9. The van der Waals surface area contributed by atoms with Crippen molar-refractivity contribution >= 4 is 5.91 Å². The van der Waals surface area contributed by atoms with Gasteiger partial charge < -0.3 is 25.7 Å². The molecule has 0 spiro atoms. The maximum absolute atomic E-state index is 12.6. The smallest absolute Gasteiger partial charge is 0.249 e. The first kappa shape index (κ1) is 56.3. The Morgan fingerprint density at radius 3 is 0.842 bits per heavy atom. The van der Waals surface area contributed by atoms with Crippen LogP contribution in [0.25, 0.3) is 0 Å². The molecule has 4 unspecified atom stereocenters. The van der Waals surface area contributed by atoms with Crippen molar-refractivity contribution in [1.82, 2.24) is 5.32 Å². The molecular weight excluding hydrogens is 707 g/mol. The predicted molar refractivity (Wildman–Crippen MR) is 247 cm³/mol. The fourth-order valence-electron chi connectivity index (χ4n) is 8.47. The molecule has 57 heavy (non-hydrogen) atoms. The van der Waals surface area contributed by atoms with Gasteiger partial charge in [0.25, 0.3) is 0 Å². The van der Waals surface area contributed by atoms with E-state index in [-0.39, 0.29) is 0 Å². The predicted octanol–water partition coefficient (Wildman–Crippen LogP) is 14.4. The Balaban J connectivity index is 3.59. The van der Waals surface area contributed by atoms with Gasteiger partial charge in [-0.05, 0) is 12.8 Å². The second-order valence-corrected chi connectivity index (χ2v) is 18.2. The molecular formula is C51H103NO5. The van der Waals surface area contributed by atoms with Gasteiger partial charge in [-0.15, -0.1) is 0 Å². The summed E-state index contributed by atoms with van der Waals surface area (Å²) in [5.74, 6) is -0.577. The van der Waals surface area contributed by atoms with E-state index in [4.69, 9.17) is 0 Å². The molecule has 5 N–H and O–H groups in total. The molecule has 0 aromatic rings. The van der Waals surface area contributed by atoms with Crippen LogP contribution in [0, 0.1) is 0 Å². The van der Waals surface area contributed by atoms with Crippen LogP contribution in [0.3, 0.4) is 0 Å². The van der Waals surface area contributed by atoms with Gasteiger partial charge in [0.05, 0.1) is 18.8 Å². The molecule has 0 fully saturated rings. The summed E-state index contributed by atoms with van der Waals surface area (Å²) in [6, 6.07) is -0.979. The Kier molecular flexibility index (Phi) is 45.8. The molecule has 0 aromatic heterocycles. The van der Waals surface area contributed by atoms with Gasteiger partial charge in [0.2, 0.25) is 5.91 Å². The van der Waals surface area contributed by atoms with E-state index in [9.17, 15) is 25.2 Å². The monoisotopic (exact) mass is 810 g/mol. The highest BCUT2D eigenvalue weighted by molar-refractivity contribution is 5.80. The van der Waals surface area contributed by atoms with Crippen LogP contribution < -0.4 is 5.32 Å². The molecule has 0 aliphatic heterocycles. The van der Waals surface area contributed by atoms with E-state index in [0.29, 0.717) is 12.8 Å². The maximum atomic E-state index is 12.6. The van der Waals surface area contributed by atoms with Crippen LogP contribution in [-0.2, 0) is 4.79 Å². The minimum atomic E-state index is -1.25. The number of aliphatic hydroxyl groups is 4. The Morgan fingerprint density at radius 1 is 0.368 bits per heavy atom. The second kappa shape index (κ2) is 46.4. The molecule has 1 amide bonds. The number of aliphatic hydroxyl groups excluding tert-OH is 4. The topological polar surface area (TPSA) is 110 Å². The van der Waals surface area contributed by atoms with Gasteiger partial charge in [0.1, 0.15) is 12.2 Å². The van der Waals surface area contributed by atoms with Crippen molar-refractivity contribution in [2.45, 2.75) is 314 Å². The zero-order valence-electron chi connectivity index (χ0n) is 38.6. The highest BCUT2D eigenvalue weighted by atomic mass is 16.3. The fraction of sp³-hybridized carbons (Fsp3) is 0.980. The number of hydrogen-bond donors (Lipinski definition) is 5. The molecule has 4 atom stereocenters. The largest absolute Gasteiger partial charge is 0.394 e. The average Bonchev–Trinajstić information content (AvgIpc) is 3.22. The highest BCUT2D eigenvalue weighted by Gasteiger charge is 2.28. The molecule has 0 aliphatic carbocycles. The zero-order chi connectivity index (χ0) is 41.7. The Bertz CT molecular complexity index is 781. The van der Waals surface area contributed by atoms with Crippen LogP contribution in [0.2, 0.25) is 0 Å². The van der Waals surface area contributed by atoms with Gasteiger partial charge in [0.15, 0.2) is 0 Å². The average molecular weight is 810 g/mol. The SMILES string of the molecule is CCCCCCCCCCCCCCCCCCCCCCCCCCCCC(O)C(=O)NC(CO)C(O)C(O)CCCCCCCCCCCCCCCCC. The standard InChI is InChI=1S/C51H103NO5/c1-3-5-7-9-11-13-15-17-19-20-21-22-23-24-25-26-27-28-29-31-33-35-37-39-41-43-45-49(55)51(57)52-47(46-53)50(56)48(54)44-42-40-38-36-34-32-30-18-16-14-12-10-8-6-4-2/h47-50,53-56H,3-46H2,1-2H3,(H,52,57). The number of carbonyl (C=O) groups excluding carboxylic acids is 1. The lowest BCUT2D eigenvalue weighted by atomic mass is 9.99.